The summed E-state index contributed by atoms with van der Waals surface area (Å²) in [5.74, 6) is 0.918. The van der Waals surface area contributed by atoms with Crippen molar-refractivity contribution in [3.8, 4) is 28.6 Å². The maximum Gasteiger partial charge on any atom is 0.261 e. The van der Waals surface area contributed by atoms with Gasteiger partial charge < -0.3 is 14.2 Å². The fraction of sp³-hybridized carbons (Fsp3) is 0.154. The van der Waals surface area contributed by atoms with Crippen LogP contribution in [0.4, 0.5) is 5.69 Å². The van der Waals surface area contributed by atoms with Crippen LogP contribution in [0.3, 0.4) is 0 Å². The molecule has 8 nitrogen and oxygen atoms in total. The lowest BCUT2D eigenvalue weighted by molar-refractivity contribution is 0.0907. The third-order valence-electron chi connectivity index (χ3n) is 5.67. The average Bonchev–Trinajstić information content (AvgIpc) is 3.06. The Morgan fingerprint density at radius 3 is 2.50 bits per heavy atom. The smallest absolute Gasteiger partial charge is 0.261 e. The highest BCUT2D eigenvalue weighted by Crippen LogP contribution is 2.47. The van der Waals surface area contributed by atoms with Crippen molar-refractivity contribution in [3.63, 3.8) is 0 Å². The Morgan fingerprint density at radius 2 is 1.78 bits per heavy atom. The number of hydrogen-bond donors (Lipinski definition) is 0. The first-order chi connectivity index (χ1) is 17.5. The summed E-state index contributed by atoms with van der Waals surface area (Å²) in [5.41, 5.74) is 2.78. The summed E-state index contributed by atoms with van der Waals surface area (Å²) in [7, 11) is 3.11. The SMILES string of the molecule is COc1cc(Br)cc([C@@H]2Oc3nc(SC)nnc3-c3ccccc3N2C(=O)c2ccccc2)c1OC. The number of amides is 1. The van der Waals surface area contributed by atoms with E-state index in [1.54, 1.807) is 37.3 Å². The molecule has 0 bridgehead atoms. The second-order valence-electron chi connectivity index (χ2n) is 7.71. The lowest BCUT2D eigenvalue weighted by atomic mass is 10.1. The van der Waals surface area contributed by atoms with Gasteiger partial charge in [0, 0.05) is 15.6 Å². The molecule has 1 aromatic heterocycles. The van der Waals surface area contributed by atoms with E-state index in [9.17, 15) is 4.79 Å². The van der Waals surface area contributed by atoms with Crippen molar-refractivity contribution in [1.82, 2.24) is 15.2 Å². The van der Waals surface area contributed by atoms with Crippen LogP contribution in [-0.4, -0.2) is 41.6 Å². The van der Waals surface area contributed by atoms with Crippen molar-refractivity contribution in [2.45, 2.75) is 11.4 Å². The van der Waals surface area contributed by atoms with Gasteiger partial charge >= 0.3 is 0 Å². The number of nitrogens with zero attached hydrogens (tertiary/aromatic N) is 4. The number of hydrogen-bond acceptors (Lipinski definition) is 8. The van der Waals surface area contributed by atoms with Crippen LogP contribution in [0.25, 0.3) is 11.3 Å². The Morgan fingerprint density at radius 1 is 1.03 bits per heavy atom. The molecule has 4 aromatic rings. The first-order valence-electron chi connectivity index (χ1n) is 10.9. The standard InChI is InChI=1S/C26H21BrN4O4S/c1-33-20-14-16(27)13-18(22(20)34-2)25-31(24(32)15-9-5-4-6-10-15)19-12-8-7-11-17(19)21-23(35-25)28-26(36-3)30-29-21/h4-14,25H,1-3H3/t25-/m0/s1. The van der Waals surface area contributed by atoms with E-state index in [4.69, 9.17) is 14.2 Å². The van der Waals surface area contributed by atoms with E-state index >= 15 is 0 Å². The third kappa shape index (κ3) is 4.27. The van der Waals surface area contributed by atoms with Crippen LogP contribution in [0, 0.1) is 0 Å². The number of thioether (sulfide) groups is 1. The summed E-state index contributed by atoms with van der Waals surface area (Å²) < 4.78 is 18.6. The van der Waals surface area contributed by atoms with Gasteiger partial charge in [0.25, 0.3) is 5.91 Å². The van der Waals surface area contributed by atoms with Crippen LogP contribution in [0.15, 0.2) is 76.4 Å². The van der Waals surface area contributed by atoms with E-state index in [1.165, 1.54) is 11.8 Å². The fourth-order valence-electron chi connectivity index (χ4n) is 4.08. The van der Waals surface area contributed by atoms with Crippen molar-refractivity contribution < 1.29 is 19.0 Å². The minimum atomic E-state index is -0.965. The van der Waals surface area contributed by atoms with Gasteiger partial charge in [-0.1, -0.05) is 64.1 Å². The van der Waals surface area contributed by atoms with Gasteiger partial charge in [0.1, 0.15) is 0 Å². The quantitative estimate of drug-likeness (QED) is 0.282. The summed E-state index contributed by atoms with van der Waals surface area (Å²) in [6, 6.07) is 20.1. The van der Waals surface area contributed by atoms with Gasteiger partial charge in [-0.15, -0.1) is 10.2 Å². The minimum absolute atomic E-state index is 0.260. The number of fused-ring (bicyclic) bond motifs is 3. The third-order valence-corrected chi connectivity index (χ3v) is 6.67. The summed E-state index contributed by atoms with van der Waals surface area (Å²) in [6.07, 6.45) is 0.895. The van der Waals surface area contributed by atoms with Crippen LogP contribution in [0.1, 0.15) is 22.1 Å². The molecule has 0 radical (unpaired) electrons. The van der Waals surface area contributed by atoms with E-state index < -0.39 is 6.23 Å². The summed E-state index contributed by atoms with van der Waals surface area (Å²) in [4.78, 5) is 20.3. The normalized spacial score (nSPS) is 14.2. The maximum absolute atomic E-state index is 14.1. The monoisotopic (exact) mass is 564 g/mol. The van der Waals surface area contributed by atoms with E-state index in [1.807, 2.05) is 54.8 Å². The number of aromatic nitrogens is 3. The molecule has 0 fully saturated rings. The van der Waals surface area contributed by atoms with Crippen molar-refractivity contribution in [2.75, 3.05) is 25.4 Å². The number of carbonyl (C=O) groups is 1. The molecule has 5 rings (SSSR count). The molecule has 36 heavy (non-hydrogen) atoms. The predicted molar refractivity (Wildman–Crippen MR) is 141 cm³/mol. The molecule has 1 aliphatic heterocycles. The molecule has 3 aromatic carbocycles. The van der Waals surface area contributed by atoms with Crippen molar-refractivity contribution >= 4 is 39.3 Å². The number of halogens is 1. The molecule has 1 atom stereocenters. The lowest BCUT2D eigenvalue weighted by Crippen LogP contribution is -2.38. The first-order valence-corrected chi connectivity index (χ1v) is 12.9. The van der Waals surface area contributed by atoms with E-state index in [0.29, 0.717) is 44.7 Å². The number of anilines is 1. The molecular formula is C26H21BrN4O4S. The number of methoxy groups -OCH3 is 2. The molecule has 10 heteroatoms. The van der Waals surface area contributed by atoms with Crippen LogP contribution in [0.5, 0.6) is 17.4 Å². The van der Waals surface area contributed by atoms with E-state index in [2.05, 4.69) is 31.1 Å². The highest BCUT2D eigenvalue weighted by Gasteiger charge is 2.38. The molecule has 0 aliphatic carbocycles. The second-order valence-corrected chi connectivity index (χ2v) is 9.40. The zero-order valence-electron chi connectivity index (χ0n) is 19.6. The number of carbonyl (C=O) groups excluding carboxylic acids is 1. The summed E-state index contributed by atoms with van der Waals surface area (Å²) in [6.45, 7) is 0. The topological polar surface area (TPSA) is 86.7 Å². The van der Waals surface area contributed by atoms with Crippen molar-refractivity contribution in [2.24, 2.45) is 0 Å². The lowest BCUT2D eigenvalue weighted by Gasteiger charge is -2.32. The van der Waals surface area contributed by atoms with Crippen LogP contribution in [-0.2, 0) is 0 Å². The second kappa shape index (κ2) is 10.2. The molecule has 1 aliphatic rings. The minimum Gasteiger partial charge on any atom is -0.493 e. The molecule has 0 unspecified atom stereocenters. The van der Waals surface area contributed by atoms with Gasteiger partial charge in [0.2, 0.25) is 17.3 Å². The molecule has 2 heterocycles. The van der Waals surface area contributed by atoms with Gasteiger partial charge in [0.15, 0.2) is 17.2 Å². The average molecular weight is 565 g/mol. The van der Waals surface area contributed by atoms with Gasteiger partial charge in [-0.05, 0) is 36.6 Å². The number of benzene rings is 3. The van der Waals surface area contributed by atoms with Gasteiger partial charge in [-0.25, -0.2) is 0 Å². The van der Waals surface area contributed by atoms with Gasteiger partial charge in [0.05, 0.1) is 25.5 Å². The van der Waals surface area contributed by atoms with Crippen LogP contribution >= 0.6 is 27.7 Å². The molecular weight excluding hydrogens is 544 g/mol. The summed E-state index contributed by atoms with van der Waals surface area (Å²) in [5, 5.41) is 9.09. The highest BCUT2D eigenvalue weighted by molar-refractivity contribution is 9.10. The van der Waals surface area contributed by atoms with E-state index in [-0.39, 0.29) is 11.8 Å². The molecule has 0 saturated heterocycles. The van der Waals surface area contributed by atoms with Crippen LogP contribution < -0.4 is 19.1 Å². The number of ether oxygens (including phenoxy) is 3. The Hall–Kier alpha value is -3.63. The number of rotatable bonds is 5. The molecule has 1 amide bonds. The zero-order valence-corrected chi connectivity index (χ0v) is 22.0. The van der Waals surface area contributed by atoms with Crippen molar-refractivity contribution in [3.05, 3.63) is 82.3 Å². The Bertz CT molecular complexity index is 1440. The Balaban J connectivity index is 1.82. The van der Waals surface area contributed by atoms with Crippen LogP contribution in [0.2, 0.25) is 0 Å². The molecule has 0 N–H and O–H groups in total. The molecule has 0 spiro atoms. The van der Waals surface area contributed by atoms with Crippen molar-refractivity contribution in [1.29, 1.82) is 0 Å². The summed E-state index contributed by atoms with van der Waals surface area (Å²) >= 11 is 4.91. The Labute approximate surface area is 220 Å². The maximum atomic E-state index is 14.1. The van der Waals surface area contributed by atoms with E-state index in [0.717, 1.165) is 4.47 Å². The first kappa shape index (κ1) is 24.1. The molecule has 0 saturated carbocycles. The predicted octanol–water partition coefficient (Wildman–Crippen LogP) is 5.78. The Kier molecular flexibility index (Phi) is 6.80. The fourth-order valence-corrected chi connectivity index (χ4v) is 4.84. The van der Waals surface area contributed by atoms with Gasteiger partial charge in [-0.3, -0.25) is 9.69 Å². The highest BCUT2D eigenvalue weighted by atomic mass is 79.9. The largest absolute Gasteiger partial charge is 0.493 e. The van der Waals surface area contributed by atoms with Gasteiger partial charge in [-0.2, -0.15) is 4.98 Å². The number of para-hydroxylation sites is 1. The molecule has 182 valence electrons. The zero-order chi connectivity index (χ0) is 25.2.